The lowest BCUT2D eigenvalue weighted by Crippen LogP contribution is -2.22. The van der Waals surface area contributed by atoms with Crippen LogP contribution in [-0.4, -0.2) is 17.6 Å². The third kappa shape index (κ3) is 3.94. The van der Waals surface area contributed by atoms with Crippen molar-refractivity contribution in [1.29, 1.82) is 0 Å². The summed E-state index contributed by atoms with van der Waals surface area (Å²) in [4.78, 5) is 10.7. The first-order valence-electron chi connectivity index (χ1n) is 5.48. The van der Waals surface area contributed by atoms with E-state index in [9.17, 15) is 18.0 Å². The Morgan fingerprint density at radius 3 is 2.28 bits per heavy atom. The molecule has 0 bridgehead atoms. The number of aliphatic carboxylic acids is 1. The number of anilines is 1. The fraction of sp³-hybridized carbons (Fsp3) is 0.417. The minimum atomic E-state index is -4.36. The van der Waals surface area contributed by atoms with Gasteiger partial charge in [-0.15, -0.1) is 0 Å². The first-order valence-corrected chi connectivity index (χ1v) is 5.48. The standard InChI is InChI=1S/C12H14F3NO2/c1-2-8(11(17)18)7-16-10-5-3-9(4-6-10)12(13,14)15/h3-6,8,16H,2,7H2,1H3,(H,17,18). The monoisotopic (exact) mass is 261 g/mol. The van der Waals surface area contributed by atoms with E-state index in [1.54, 1.807) is 6.92 Å². The van der Waals surface area contributed by atoms with Gasteiger partial charge in [0.05, 0.1) is 11.5 Å². The van der Waals surface area contributed by atoms with E-state index in [-0.39, 0.29) is 6.54 Å². The fourth-order valence-corrected chi connectivity index (χ4v) is 1.42. The molecule has 0 saturated carbocycles. The van der Waals surface area contributed by atoms with E-state index in [1.165, 1.54) is 12.1 Å². The first-order chi connectivity index (χ1) is 8.34. The van der Waals surface area contributed by atoms with Crippen LogP contribution in [0.1, 0.15) is 18.9 Å². The average Bonchev–Trinajstić information content (AvgIpc) is 2.29. The molecule has 0 aliphatic heterocycles. The molecule has 0 saturated heterocycles. The Morgan fingerprint density at radius 1 is 1.33 bits per heavy atom. The van der Waals surface area contributed by atoms with Crippen LogP contribution in [0.5, 0.6) is 0 Å². The van der Waals surface area contributed by atoms with Gasteiger partial charge in [-0.25, -0.2) is 0 Å². The highest BCUT2D eigenvalue weighted by Crippen LogP contribution is 2.29. The minimum Gasteiger partial charge on any atom is -0.481 e. The number of hydrogen-bond acceptors (Lipinski definition) is 2. The number of carboxylic acids is 1. The third-order valence-corrected chi connectivity index (χ3v) is 2.61. The Balaban J connectivity index is 2.62. The van der Waals surface area contributed by atoms with E-state index in [4.69, 9.17) is 5.11 Å². The lowest BCUT2D eigenvalue weighted by atomic mass is 10.1. The molecule has 0 radical (unpaired) electrons. The van der Waals surface area contributed by atoms with Gasteiger partial charge in [-0.05, 0) is 30.7 Å². The molecule has 18 heavy (non-hydrogen) atoms. The maximum absolute atomic E-state index is 12.3. The van der Waals surface area contributed by atoms with Crippen LogP contribution < -0.4 is 5.32 Å². The van der Waals surface area contributed by atoms with Crippen LogP contribution in [0.2, 0.25) is 0 Å². The molecular weight excluding hydrogens is 247 g/mol. The van der Waals surface area contributed by atoms with Crippen molar-refractivity contribution in [1.82, 2.24) is 0 Å². The molecule has 2 N–H and O–H groups in total. The smallest absolute Gasteiger partial charge is 0.416 e. The van der Waals surface area contributed by atoms with Gasteiger partial charge in [0.25, 0.3) is 0 Å². The summed E-state index contributed by atoms with van der Waals surface area (Å²) in [7, 11) is 0. The van der Waals surface area contributed by atoms with E-state index in [1.807, 2.05) is 0 Å². The van der Waals surface area contributed by atoms with Gasteiger partial charge >= 0.3 is 12.1 Å². The van der Waals surface area contributed by atoms with Crippen LogP contribution in [-0.2, 0) is 11.0 Å². The zero-order valence-corrected chi connectivity index (χ0v) is 9.79. The van der Waals surface area contributed by atoms with Gasteiger partial charge in [0, 0.05) is 12.2 Å². The molecule has 3 nitrogen and oxygen atoms in total. The van der Waals surface area contributed by atoms with Gasteiger partial charge in [0.2, 0.25) is 0 Å². The topological polar surface area (TPSA) is 49.3 Å². The summed E-state index contributed by atoms with van der Waals surface area (Å²) < 4.78 is 36.9. The molecule has 1 aromatic carbocycles. The van der Waals surface area contributed by atoms with Gasteiger partial charge in [-0.3, -0.25) is 4.79 Å². The first kappa shape index (κ1) is 14.3. The van der Waals surface area contributed by atoms with E-state index in [0.29, 0.717) is 12.1 Å². The van der Waals surface area contributed by atoms with Crippen LogP contribution in [0.15, 0.2) is 24.3 Å². The Kier molecular flexibility index (Phi) is 4.58. The fourth-order valence-electron chi connectivity index (χ4n) is 1.42. The third-order valence-electron chi connectivity index (χ3n) is 2.61. The summed E-state index contributed by atoms with van der Waals surface area (Å²) in [6, 6.07) is 4.50. The van der Waals surface area contributed by atoms with E-state index < -0.39 is 23.6 Å². The van der Waals surface area contributed by atoms with Crippen LogP contribution in [0.4, 0.5) is 18.9 Å². The number of rotatable bonds is 5. The van der Waals surface area contributed by atoms with Crippen molar-refractivity contribution >= 4 is 11.7 Å². The molecule has 0 aliphatic rings. The summed E-state index contributed by atoms with van der Waals surface area (Å²) >= 11 is 0. The van der Waals surface area contributed by atoms with Crippen molar-refractivity contribution in [3.63, 3.8) is 0 Å². The zero-order chi connectivity index (χ0) is 13.8. The molecular formula is C12H14F3NO2. The van der Waals surface area contributed by atoms with E-state index >= 15 is 0 Å². The van der Waals surface area contributed by atoms with E-state index in [0.717, 1.165) is 12.1 Å². The summed E-state index contributed by atoms with van der Waals surface area (Å²) in [5, 5.41) is 11.6. The molecule has 6 heteroatoms. The van der Waals surface area contributed by atoms with Gasteiger partial charge in [-0.1, -0.05) is 6.92 Å². The Bertz CT molecular complexity index is 401. The normalized spacial score (nSPS) is 13.1. The summed E-state index contributed by atoms with van der Waals surface area (Å²) in [5.41, 5.74) is -0.249. The second kappa shape index (κ2) is 5.75. The molecule has 1 atom stereocenters. The van der Waals surface area contributed by atoms with Crippen LogP contribution >= 0.6 is 0 Å². The van der Waals surface area contributed by atoms with Crippen molar-refractivity contribution in [2.45, 2.75) is 19.5 Å². The van der Waals surface area contributed by atoms with Crippen molar-refractivity contribution in [2.24, 2.45) is 5.92 Å². The van der Waals surface area contributed by atoms with Crippen molar-refractivity contribution < 1.29 is 23.1 Å². The lowest BCUT2D eigenvalue weighted by molar-refractivity contribution is -0.141. The highest BCUT2D eigenvalue weighted by atomic mass is 19.4. The highest BCUT2D eigenvalue weighted by molar-refractivity contribution is 5.70. The molecule has 1 aromatic rings. The van der Waals surface area contributed by atoms with Crippen LogP contribution in [0, 0.1) is 5.92 Å². The average molecular weight is 261 g/mol. The molecule has 1 unspecified atom stereocenters. The van der Waals surface area contributed by atoms with E-state index in [2.05, 4.69) is 5.32 Å². The number of carboxylic acid groups (broad SMARTS) is 1. The zero-order valence-electron chi connectivity index (χ0n) is 9.79. The summed E-state index contributed by atoms with van der Waals surface area (Å²) in [6.07, 6.45) is -3.89. The van der Waals surface area contributed by atoms with Gasteiger partial charge in [0.15, 0.2) is 0 Å². The lowest BCUT2D eigenvalue weighted by Gasteiger charge is -2.13. The SMILES string of the molecule is CCC(CNc1ccc(C(F)(F)F)cc1)C(=O)O. The number of halogens is 3. The predicted octanol–water partition coefficient (Wildman–Crippen LogP) is 3.23. The van der Waals surface area contributed by atoms with Crippen LogP contribution in [0.25, 0.3) is 0 Å². The molecule has 0 heterocycles. The summed E-state index contributed by atoms with van der Waals surface area (Å²) in [6.45, 7) is 1.93. The van der Waals surface area contributed by atoms with Crippen molar-refractivity contribution in [3.8, 4) is 0 Å². The number of benzene rings is 1. The largest absolute Gasteiger partial charge is 0.481 e. The minimum absolute atomic E-state index is 0.192. The molecule has 100 valence electrons. The molecule has 0 spiro atoms. The van der Waals surface area contributed by atoms with Crippen molar-refractivity contribution in [2.75, 3.05) is 11.9 Å². The van der Waals surface area contributed by atoms with Crippen molar-refractivity contribution in [3.05, 3.63) is 29.8 Å². The maximum Gasteiger partial charge on any atom is 0.416 e. The molecule has 0 fully saturated rings. The summed E-state index contributed by atoms with van der Waals surface area (Å²) in [5.74, 6) is -1.47. The second-order valence-electron chi connectivity index (χ2n) is 3.90. The number of alkyl halides is 3. The van der Waals surface area contributed by atoms with Gasteiger partial charge in [0.1, 0.15) is 0 Å². The number of nitrogens with one attached hydrogen (secondary N) is 1. The highest BCUT2D eigenvalue weighted by Gasteiger charge is 2.29. The second-order valence-corrected chi connectivity index (χ2v) is 3.90. The predicted molar refractivity (Wildman–Crippen MR) is 61.4 cm³/mol. The Hall–Kier alpha value is -1.72. The maximum atomic E-state index is 12.3. The number of hydrogen-bond donors (Lipinski definition) is 2. The molecule has 0 aromatic heterocycles. The molecule has 0 amide bonds. The molecule has 0 aliphatic carbocycles. The Morgan fingerprint density at radius 2 is 1.89 bits per heavy atom. The van der Waals surface area contributed by atoms with Crippen LogP contribution in [0.3, 0.4) is 0 Å². The Labute approximate surface area is 103 Å². The van der Waals surface area contributed by atoms with Gasteiger partial charge in [-0.2, -0.15) is 13.2 Å². The van der Waals surface area contributed by atoms with Gasteiger partial charge < -0.3 is 10.4 Å². The number of carbonyl (C=O) groups is 1. The molecule has 1 rings (SSSR count). The quantitative estimate of drug-likeness (QED) is 0.855.